The summed E-state index contributed by atoms with van der Waals surface area (Å²) in [6.07, 6.45) is 2.89. The van der Waals surface area contributed by atoms with Crippen LogP contribution in [0.25, 0.3) is 6.08 Å². The highest BCUT2D eigenvalue weighted by Crippen LogP contribution is 2.15. The number of methoxy groups -OCH3 is 1. The SMILES string of the molecule is C=Cc1cc(C(=O)OC)cnc1Cl. The number of carbonyl (C=O) groups is 1. The van der Waals surface area contributed by atoms with Crippen LogP contribution in [-0.4, -0.2) is 18.1 Å². The molecule has 1 rings (SSSR count). The fourth-order valence-corrected chi connectivity index (χ4v) is 1.02. The standard InChI is InChI=1S/C9H8ClNO2/c1-3-6-4-7(9(12)13-2)5-11-8(6)10/h3-5H,1H2,2H3. The Balaban J connectivity index is 3.13. The van der Waals surface area contributed by atoms with Gasteiger partial charge in [0, 0.05) is 11.8 Å². The molecule has 0 aliphatic heterocycles. The van der Waals surface area contributed by atoms with Crippen molar-refractivity contribution in [3.63, 3.8) is 0 Å². The van der Waals surface area contributed by atoms with Gasteiger partial charge in [0.1, 0.15) is 5.15 Å². The first-order valence-electron chi connectivity index (χ1n) is 3.55. The second kappa shape index (κ2) is 4.05. The largest absolute Gasteiger partial charge is 0.465 e. The Labute approximate surface area is 81.0 Å². The summed E-state index contributed by atoms with van der Waals surface area (Å²) in [5.41, 5.74) is 0.978. The third kappa shape index (κ3) is 2.06. The zero-order valence-corrected chi connectivity index (χ0v) is 7.84. The Morgan fingerprint density at radius 2 is 2.46 bits per heavy atom. The van der Waals surface area contributed by atoms with Gasteiger partial charge in [-0.3, -0.25) is 0 Å². The van der Waals surface area contributed by atoms with Gasteiger partial charge in [-0.1, -0.05) is 24.3 Å². The third-order valence-corrected chi connectivity index (χ3v) is 1.82. The summed E-state index contributed by atoms with van der Waals surface area (Å²) in [7, 11) is 1.31. The maximum absolute atomic E-state index is 11.1. The van der Waals surface area contributed by atoms with Gasteiger partial charge in [-0.15, -0.1) is 0 Å². The predicted molar refractivity (Wildman–Crippen MR) is 50.7 cm³/mol. The average molecular weight is 198 g/mol. The number of ether oxygens (including phenoxy) is 1. The topological polar surface area (TPSA) is 39.2 Å². The molecule has 0 saturated carbocycles. The lowest BCUT2D eigenvalue weighted by Gasteiger charge is -2.01. The molecule has 68 valence electrons. The van der Waals surface area contributed by atoms with Crippen LogP contribution in [0.15, 0.2) is 18.8 Å². The van der Waals surface area contributed by atoms with Crippen molar-refractivity contribution in [2.24, 2.45) is 0 Å². The first-order valence-corrected chi connectivity index (χ1v) is 3.93. The van der Waals surface area contributed by atoms with Crippen LogP contribution in [0.1, 0.15) is 15.9 Å². The van der Waals surface area contributed by atoms with Crippen LogP contribution in [0.3, 0.4) is 0 Å². The lowest BCUT2D eigenvalue weighted by Crippen LogP contribution is -2.02. The van der Waals surface area contributed by atoms with Gasteiger partial charge in [0.05, 0.1) is 12.7 Å². The molecule has 0 amide bonds. The quantitative estimate of drug-likeness (QED) is 0.539. The first-order chi connectivity index (χ1) is 6.19. The number of rotatable bonds is 2. The molecule has 0 aliphatic rings. The fraction of sp³-hybridized carbons (Fsp3) is 0.111. The van der Waals surface area contributed by atoms with Crippen LogP contribution in [0.2, 0.25) is 5.15 Å². The molecule has 3 nitrogen and oxygen atoms in total. The molecular weight excluding hydrogens is 190 g/mol. The molecule has 0 unspecified atom stereocenters. The zero-order chi connectivity index (χ0) is 9.84. The maximum atomic E-state index is 11.1. The van der Waals surface area contributed by atoms with Gasteiger partial charge in [-0.25, -0.2) is 9.78 Å². The number of hydrogen-bond acceptors (Lipinski definition) is 3. The van der Waals surface area contributed by atoms with E-state index in [1.165, 1.54) is 19.4 Å². The van der Waals surface area contributed by atoms with Crippen molar-refractivity contribution in [2.75, 3.05) is 7.11 Å². The number of aromatic nitrogens is 1. The number of hydrogen-bond donors (Lipinski definition) is 0. The molecule has 0 N–H and O–H groups in total. The van der Waals surface area contributed by atoms with Crippen molar-refractivity contribution >= 4 is 23.6 Å². The highest BCUT2D eigenvalue weighted by atomic mass is 35.5. The summed E-state index contributed by atoms with van der Waals surface area (Å²) in [5, 5.41) is 0.322. The summed E-state index contributed by atoms with van der Waals surface area (Å²) in [4.78, 5) is 14.9. The minimum absolute atomic E-state index is 0.322. The molecule has 13 heavy (non-hydrogen) atoms. The van der Waals surface area contributed by atoms with E-state index < -0.39 is 5.97 Å². The molecule has 0 saturated heterocycles. The number of pyridine rings is 1. The van der Waals surface area contributed by atoms with Gasteiger partial charge in [0.15, 0.2) is 0 Å². The molecule has 4 heteroatoms. The number of nitrogens with zero attached hydrogens (tertiary/aromatic N) is 1. The van der Waals surface area contributed by atoms with Gasteiger partial charge >= 0.3 is 5.97 Å². The molecule has 1 aromatic heterocycles. The highest BCUT2D eigenvalue weighted by molar-refractivity contribution is 6.30. The third-order valence-electron chi connectivity index (χ3n) is 1.51. The molecule has 0 spiro atoms. The van der Waals surface area contributed by atoms with Crippen LogP contribution < -0.4 is 0 Å². The number of carbonyl (C=O) groups excluding carboxylic acids is 1. The predicted octanol–water partition coefficient (Wildman–Crippen LogP) is 2.16. The lowest BCUT2D eigenvalue weighted by atomic mass is 10.2. The van der Waals surface area contributed by atoms with Gasteiger partial charge in [0.2, 0.25) is 0 Å². The minimum Gasteiger partial charge on any atom is -0.465 e. The highest BCUT2D eigenvalue weighted by Gasteiger charge is 2.07. The first kappa shape index (κ1) is 9.74. The monoisotopic (exact) mass is 197 g/mol. The van der Waals surface area contributed by atoms with E-state index in [2.05, 4.69) is 16.3 Å². The van der Waals surface area contributed by atoms with Crippen molar-refractivity contribution in [1.82, 2.24) is 4.98 Å². The zero-order valence-electron chi connectivity index (χ0n) is 7.08. The van der Waals surface area contributed by atoms with E-state index in [1.807, 2.05) is 0 Å². The molecule has 0 radical (unpaired) electrons. The summed E-state index contributed by atoms with van der Waals surface area (Å²) >= 11 is 5.71. The molecule has 0 fully saturated rings. The molecule has 1 aromatic rings. The molecule has 0 aliphatic carbocycles. The van der Waals surface area contributed by atoms with Crippen molar-refractivity contribution in [3.05, 3.63) is 35.1 Å². The summed E-state index contributed by atoms with van der Waals surface area (Å²) in [6, 6.07) is 1.58. The Kier molecular flexibility index (Phi) is 3.03. The van der Waals surface area contributed by atoms with Crippen molar-refractivity contribution in [3.8, 4) is 0 Å². The molecule has 0 bridgehead atoms. The van der Waals surface area contributed by atoms with Crippen molar-refractivity contribution in [1.29, 1.82) is 0 Å². The fourth-order valence-electron chi connectivity index (χ4n) is 0.838. The smallest absolute Gasteiger partial charge is 0.339 e. The van der Waals surface area contributed by atoms with Crippen LogP contribution in [-0.2, 0) is 4.74 Å². The van der Waals surface area contributed by atoms with Crippen molar-refractivity contribution < 1.29 is 9.53 Å². The van der Waals surface area contributed by atoms with E-state index >= 15 is 0 Å². The lowest BCUT2D eigenvalue weighted by molar-refractivity contribution is 0.0600. The molecular formula is C9H8ClNO2. The Bertz CT molecular complexity index is 349. The number of halogens is 1. The number of esters is 1. The van der Waals surface area contributed by atoms with E-state index in [0.717, 1.165) is 0 Å². The van der Waals surface area contributed by atoms with Gasteiger partial charge < -0.3 is 4.74 Å². The second-order valence-electron chi connectivity index (χ2n) is 2.30. The Hall–Kier alpha value is -1.35. The summed E-state index contributed by atoms with van der Waals surface area (Å²) in [5.74, 6) is -0.438. The minimum atomic E-state index is -0.438. The van der Waals surface area contributed by atoms with E-state index in [4.69, 9.17) is 11.6 Å². The second-order valence-corrected chi connectivity index (χ2v) is 2.66. The van der Waals surface area contributed by atoms with E-state index in [9.17, 15) is 4.79 Å². The normalized spacial score (nSPS) is 9.38. The van der Waals surface area contributed by atoms with E-state index in [1.54, 1.807) is 6.07 Å². The summed E-state index contributed by atoms with van der Waals surface area (Å²) < 4.78 is 4.52. The van der Waals surface area contributed by atoms with Crippen LogP contribution in [0, 0.1) is 0 Å². The van der Waals surface area contributed by atoms with Crippen LogP contribution in [0.5, 0.6) is 0 Å². The van der Waals surface area contributed by atoms with Crippen LogP contribution in [0.4, 0.5) is 0 Å². The molecule has 0 aromatic carbocycles. The van der Waals surface area contributed by atoms with E-state index in [0.29, 0.717) is 16.3 Å². The van der Waals surface area contributed by atoms with Crippen molar-refractivity contribution in [2.45, 2.75) is 0 Å². The average Bonchev–Trinajstić information content (AvgIpc) is 2.17. The Morgan fingerprint density at radius 1 is 1.77 bits per heavy atom. The van der Waals surface area contributed by atoms with E-state index in [-0.39, 0.29) is 0 Å². The van der Waals surface area contributed by atoms with Gasteiger partial charge in [0.25, 0.3) is 0 Å². The summed E-state index contributed by atoms with van der Waals surface area (Å²) in [6.45, 7) is 3.54. The van der Waals surface area contributed by atoms with Gasteiger partial charge in [-0.2, -0.15) is 0 Å². The Morgan fingerprint density at radius 3 is 3.00 bits per heavy atom. The molecule has 1 heterocycles. The van der Waals surface area contributed by atoms with Gasteiger partial charge in [-0.05, 0) is 6.07 Å². The molecule has 0 atom stereocenters. The maximum Gasteiger partial charge on any atom is 0.339 e. The van der Waals surface area contributed by atoms with Crippen LogP contribution >= 0.6 is 11.6 Å².